The molecular weight excluding hydrogens is 295 g/mol. The van der Waals surface area contributed by atoms with Crippen LogP contribution in [0.2, 0.25) is 0 Å². The maximum absolute atomic E-state index is 13.6. The number of rotatable bonds is 8. The van der Waals surface area contributed by atoms with Crippen molar-refractivity contribution in [1.29, 1.82) is 0 Å². The van der Waals surface area contributed by atoms with Crippen molar-refractivity contribution in [2.75, 3.05) is 27.3 Å². The number of sulfonamides is 1. The number of methoxy groups -OCH3 is 1. The number of ether oxygens (including phenoxy) is 1. The SMILES string of the molecule is CNCc1cc(S(=O)(=O)N(CCOC)C(C)C)ccc1F. The number of benzene rings is 1. The van der Waals surface area contributed by atoms with Crippen LogP contribution < -0.4 is 5.32 Å². The number of hydrogen-bond donors (Lipinski definition) is 1. The minimum atomic E-state index is -3.67. The van der Waals surface area contributed by atoms with Crippen LogP contribution in [-0.4, -0.2) is 46.1 Å². The molecule has 1 aromatic rings. The highest BCUT2D eigenvalue weighted by atomic mass is 32.2. The van der Waals surface area contributed by atoms with Gasteiger partial charge in [-0.3, -0.25) is 0 Å². The van der Waals surface area contributed by atoms with Gasteiger partial charge in [0.05, 0.1) is 11.5 Å². The lowest BCUT2D eigenvalue weighted by atomic mass is 10.2. The molecule has 7 heteroatoms. The number of halogens is 1. The van der Waals surface area contributed by atoms with Crippen molar-refractivity contribution in [2.45, 2.75) is 31.3 Å². The van der Waals surface area contributed by atoms with Gasteiger partial charge in [0.2, 0.25) is 10.0 Å². The van der Waals surface area contributed by atoms with Crippen LogP contribution in [0.4, 0.5) is 4.39 Å². The molecule has 0 aliphatic heterocycles. The van der Waals surface area contributed by atoms with Crippen LogP contribution in [0.3, 0.4) is 0 Å². The summed E-state index contributed by atoms with van der Waals surface area (Å²) in [4.78, 5) is 0.0963. The summed E-state index contributed by atoms with van der Waals surface area (Å²) in [6.45, 7) is 4.43. The minimum absolute atomic E-state index is 0.0963. The second-order valence-electron chi connectivity index (χ2n) is 4.99. The molecule has 0 aromatic heterocycles. The van der Waals surface area contributed by atoms with Gasteiger partial charge in [-0.15, -0.1) is 0 Å². The van der Waals surface area contributed by atoms with Gasteiger partial charge in [-0.1, -0.05) is 0 Å². The molecular formula is C14H23FN2O3S. The first kappa shape index (κ1) is 18.0. The van der Waals surface area contributed by atoms with Gasteiger partial charge in [0.25, 0.3) is 0 Å². The smallest absolute Gasteiger partial charge is 0.243 e. The molecule has 0 radical (unpaired) electrons. The van der Waals surface area contributed by atoms with Crippen molar-refractivity contribution >= 4 is 10.0 Å². The fraction of sp³-hybridized carbons (Fsp3) is 0.571. The van der Waals surface area contributed by atoms with E-state index in [0.717, 1.165) is 0 Å². The Kier molecular flexibility index (Phi) is 6.73. The Morgan fingerprint density at radius 1 is 1.38 bits per heavy atom. The van der Waals surface area contributed by atoms with Crippen LogP contribution in [0.1, 0.15) is 19.4 Å². The summed E-state index contributed by atoms with van der Waals surface area (Å²) in [6.07, 6.45) is 0. The zero-order valence-corrected chi connectivity index (χ0v) is 13.7. The van der Waals surface area contributed by atoms with Crippen LogP contribution in [0.25, 0.3) is 0 Å². The molecule has 0 aliphatic rings. The van der Waals surface area contributed by atoms with E-state index in [-0.39, 0.29) is 24.0 Å². The molecule has 1 rings (SSSR count). The van der Waals surface area contributed by atoms with E-state index >= 15 is 0 Å². The van der Waals surface area contributed by atoms with Gasteiger partial charge in [-0.25, -0.2) is 12.8 Å². The van der Waals surface area contributed by atoms with Crippen LogP contribution in [0.15, 0.2) is 23.1 Å². The average molecular weight is 318 g/mol. The van der Waals surface area contributed by atoms with Crippen molar-refractivity contribution in [3.05, 3.63) is 29.6 Å². The quantitative estimate of drug-likeness (QED) is 0.791. The van der Waals surface area contributed by atoms with Crippen LogP contribution >= 0.6 is 0 Å². The summed E-state index contributed by atoms with van der Waals surface area (Å²) >= 11 is 0. The van der Waals surface area contributed by atoms with E-state index in [4.69, 9.17) is 4.74 Å². The monoisotopic (exact) mass is 318 g/mol. The van der Waals surface area contributed by atoms with Crippen molar-refractivity contribution in [1.82, 2.24) is 9.62 Å². The molecule has 0 amide bonds. The Morgan fingerprint density at radius 2 is 2.05 bits per heavy atom. The third-order valence-corrected chi connectivity index (χ3v) is 5.15. The topological polar surface area (TPSA) is 58.6 Å². The van der Waals surface area contributed by atoms with Crippen LogP contribution in [0.5, 0.6) is 0 Å². The Balaban J connectivity index is 3.18. The Morgan fingerprint density at radius 3 is 2.57 bits per heavy atom. The predicted molar refractivity (Wildman–Crippen MR) is 80.1 cm³/mol. The highest BCUT2D eigenvalue weighted by Crippen LogP contribution is 2.21. The molecule has 1 aromatic carbocycles. The molecule has 0 fully saturated rings. The zero-order chi connectivity index (χ0) is 16.0. The second-order valence-corrected chi connectivity index (χ2v) is 6.88. The molecule has 0 saturated carbocycles. The Bertz CT molecular complexity index is 561. The van der Waals surface area contributed by atoms with Crippen LogP contribution in [0, 0.1) is 5.82 Å². The summed E-state index contributed by atoms with van der Waals surface area (Å²) in [7, 11) is -0.469. The van der Waals surface area contributed by atoms with E-state index in [1.165, 1.54) is 29.6 Å². The number of nitrogens with one attached hydrogen (secondary N) is 1. The standard InChI is InChI=1S/C14H23FN2O3S/c1-11(2)17(7-8-20-4)21(18,19)13-5-6-14(15)12(9-13)10-16-3/h5-6,9,11,16H,7-8,10H2,1-4H3. The first-order valence-corrected chi connectivity index (χ1v) is 8.22. The summed E-state index contributed by atoms with van der Waals surface area (Å²) in [6, 6.07) is 3.66. The fourth-order valence-corrected chi connectivity index (χ4v) is 3.68. The van der Waals surface area contributed by atoms with Gasteiger partial charge in [0, 0.05) is 31.8 Å². The summed E-state index contributed by atoms with van der Waals surface area (Å²) < 4.78 is 45.3. The van der Waals surface area contributed by atoms with Crippen molar-refractivity contribution < 1.29 is 17.5 Å². The van der Waals surface area contributed by atoms with Gasteiger partial charge >= 0.3 is 0 Å². The third kappa shape index (κ3) is 4.47. The molecule has 1 N–H and O–H groups in total. The first-order chi connectivity index (χ1) is 9.84. The molecule has 21 heavy (non-hydrogen) atoms. The summed E-state index contributed by atoms with van der Waals surface area (Å²) in [5, 5.41) is 2.82. The maximum Gasteiger partial charge on any atom is 0.243 e. The lowest BCUT2D eigenvalue weighted by Crippen LogP contribution is -2.39. The lowest BCUT2D eigenvalue weighted by Gasteiger charge is -2.25. The van der Waals surface area contributed by atoms with E-state index in [0.29, 0.717) is 12.2 Å². The molecule has 0 unspecified atom stereocenters. The van der Waals surface area contributed by atoms with Gasteiger partial charge in [0.1, 0.15) is 5.82 Å². The number of hydrogen-bond acceptors (Lipinski definition) is 4. The summed E-state index contributed by atoms with van der Waals surface area (Å²) in [5.41, 5.74) is 0.328. The molecule has 0 atom stereocenters. The molecule has 0 saturated heterocycles. The first-order valence-electron chi connectivity index (χ1n) is 6.78. The highest BCUT2D eigenvalue weighted by Gasteiger charge is 2.27. The third-order valence-electron chi connectivity index (χ3n) is 3.08. The average Bonchev–Trinajstić information content (AvgIpc) is 2.41. The zero-order valence-electron chi connectivity index (χ0n) is 12.9. The maximum atomic E-state index is 13.6. The predicted octanol–water partition coefficient (Wildman–Crippen LogP) is 1.59. The van der Waals surface area contributed by atoms with E-state index in [1.54, 1.807) is 20.9 Å². The largest absolute Gasteiger partial charge is 0.383 e. The van der Waals surface area contributed by atoms with E-state index in [9.17, 15) is 12.8 Å². The van der Waals surface area contributed by atoms with Crippen molar-refractivity contribution in [3.8, 4) is 0 Å². The number of nitrogens with zero attached hydrogens (tertiary/aromatic N) is 1. The minimum Gasteiger partial charge on any atom is -0.383 e. The highest BCUT2D eigenvalue weighted by molar-refractivity contribution is 7.89. The van der Waals surface area contributed by atoms with Crippen LogP contribution in [-0.2, 0) is 21.3 Å². The fourth-order valence-electron chi connectivity index (χ4n) is 2.01. The normalized spacial score (nSPS) is 12.3. The van der Waals surface area contributed by atoms with Gasteiger partial charge < -0.3 is 10.1 Å². The van der Waals surface area contributed by atoms with Gasteiger partial charge in [-0.2, -0.15) is 4.31 Å². The molecule has 0 spiro atoms. The molecule has 5 nitrogen and oxygen atoms in total. The second kappa shape index (κ2) is 7.84. The molecule has 0 heterocycles. The Labute approximate surface area is 126 Å². The van der Waals surface area contributed by atoms with E-state index < -0.39 is 15.8 Å². The van der Waals surface area contributed by atoms with E-state index in [2.05, 4.69) is 5.32 Å². The summed E-state index contributed by atoms with van der Waals surface area (Å²) in [5.74, 6) is -0.420. The van der Waals surface area contributed by atoms with Crippen molar-refractivity contribution in [2.24, 2.45) is 0 Å². The van der Waals surface area contributed by atoms with E-state index in [1.807, 2.05) is 0 Å². The lowest BCUT2D eigenvalue weighted by molar-refractivity contribution is 0.171. The molecule has 120 valence electrons. The molecule has 0 aliphatic carbocycles. The van der Waals surface area contributed by atoms with Gasteiger partial charge in [-0.05, 0) is 39.1 Å². The van der Waals surface area contributed by atoms with Crippen molar-refractivity contribution in [3.63, 3.8) is 0 Å². The Hall–Kier alpha value is -1.02. The van der Waals surface area contributed by atoms with Gasteiger partial charge in [0.15, 0.2) is 0 Å². The molecule has 0 bridgehead atoms.